The van der Waals surface area contributed by atoms with Crippen molar-refractivity contribution in [3.63, 3.8) is 0 Å². The molecule has 94 valence electrons. The monoisotopic (exact) mass is 376 g/mol. The Morgan fingerprint density at radius 3 is 2.61 bits per heavy atom. The molecule has 1 heterocycles. The van der Waals surface area contributed by atoms with Crippen LogP contribution in [0.1, 0.15) is 10.4 Å². The highest BCUT2D eigenvalue weighted by atomic mass is 79.9. The van der Waals surface area contributed by atoms with Crippen molar-refractivity contribution in [3.05, 3.63) is 44.6 Å². The van der Waals surface area contributed by atoms with Gasteiger partial charge < -0.3 is 9.72 Å². The molecular formula is C10H6Br2N2O4. The fourth-order valence-corrected chi connectivity index (χ4v) is 1.87. The van der Waals surface area contributed by atoms with Crippen LogP contribution in [0.15, 0.2) is 27.8 Å². The number of nitrogens with one attached hydrogen (secondary N) is 2. The van der Waals surface area contributed by atoms with E-state index in [0.29, 0.717) is 0 Å². The number of halogens is 2. The number of carbonyl (C=O) groups is 1. The normalized spacial score (nSPS) is 10.8. The molecule has 2 rings (SSSR count). The molecule has 8 heteroatoms. The van der Waals surface area contributed by atoms with Crippen molar-refractivity contribution in [1.82, 2.24) is 9.97 Å². The summed E-state index contributed by atoms with van der Waals surface area (Å²) < 4.78 is 4.22. The highest BCUT2D eigenvalue weighted by Gasteiger charge is 2.16. The average Bonchev–Trinajstić information content (AvgIpc) is 2.26. The minimum absolute atomic E-state index is 0.0777. The number of benzene rings is 1. The van der Waals surface area contributed by atoms with Crippen LogP contribution < -0.4 is 11.2 Å². The molecule has 0 radical (unpaired) electrons. The summed E-state index contributed by atoms with van der Waals surface area (Å²) in [6.45, 7) is 0. The Bertz CT molecular complexity index is 720. The minimum Gasteiger partial charge on any atom is -0.436 e. The summed E-state index contributed by atoms with van der Waals surface area (Å²) in [6, 6.07) is 4.52. The first-order valence-electron chi connectivity index (χ1n) is 4.73. The van der Waals surface area contributed by atoms with Crippen LogP contribution in [-0.4, -0.2) is 19.9 Å². The van der Waals surface area contributed by atoms with E-state index in [4.69, 9.17) is 4.74 Å². The van der Waals surface area contributed by atoms with Crippen LogP contribution in [0.2, 0.25) is 0 Å². The van der Waals surface area contributed by atoms with Gasteiger partial charge in [-0.3, -0.25) is 9.78 Å². The third kappa shape index (κ3) is 2.54. The first-order chi connectivity index (χ1) is 8.49. The second kappa shape index (κ2) is 5.07. The Morgan fingerprint density at radius 2 is 1.94 bits per heavy atom. The lowest BCUT2D eigenvalue weighted by Crippen LogP contribution is -2.24. The van der Waals surface area contributed by atoms with Gasteiger partial charge in [-0.05, 0) is 44.0 Å². The number of hydrogen-bond donors (Lipinski definition) is 2. The third-order valence-corrected chi connectivity index (χ3v) is 2.56. The Hall–Kier alpha value is -1.41. The van der Waals surface area contributed by atoms with Crippen LogP contribution in [0.25, 0.3) is 10.9 Å². The van der Waals surface area contributed by atoms with Gasteiger partial charge in [-0.15, -0.1) is 0 Å². The van der Waals surface area contributed by atoms with Crippen LogP contribution in [0, 0.1) is 0 Å². The van der Waals surface area contributed by atoms with Crippen LogP contribution in [0.5, 0.6) is 0 Å². The Kier molecular flexibility index (Phi) is 3.67. The maximum absolute atomic E-state index is 11.8. The van der Waals surface area contributed by atoms with Gasteiger partial charge in [0, 0.05) is 0 Å². The largest absolute Gasteiger partial charge is 0.436 e. The molecule has 0 aliphatic carbocycles. The van der Waals surface area contributed by atoms with E-state index in [0.717, 1.165) is 0 Å². The fraction of sp³-hybridized carbons (Fsp3) is 0.100. The first-order valence-corrected chi connectivity index (χ1v) is 6.56. The van der Waals surface area contributed by atoms with Gasteiger partial charge in [0.25, 0.3) is 5.56 Å². The number of hydrogen-bond acceptors (Lipinski definition) is 4. The van der Waals surface area contributed by atoms with Crippen molar-refractivity contribution < 1.29 is 9.53 Å². The Labute approximate surface area is 117 Å². The van der Waals surface area contributed by atoms with Crippen molar-refractivity contribution in [2.75, 3.05) is 0 Å². The van der Waals surface area contributed by atoms with Crippen molar-refractivity contribution in [3.8, 4) is 0 Å². The predicted molar refractivity (Wildman–Crippen MR) is 72.2 cm³/mol. The van der Waals surface area contributed by atoms with Crippen LogP contribution in [0.3, 0.4) is 0 Å². The van der Waals surface area contributed by atoms with E-state index in [1.165, 1.54) is 12.1 Å². The van der Waals surface area contributed by atoms with E-state index >= 15 is 0 Å². The molecule has 0 aliphatic heterocycles. The van der Waals surface area contributed by atoms with E-state index in [1.54, 1.807) is 6.07 Å². The second-order valence-corrected chi connectivity index (χ2v) is 6.19. The Balaban J connectivity index is 2.69. The van der Waals surface area contributed by atoms with Crippen LogP contribution in [-0.2, 0) is 4.74 Å². The molecule has 0 amide bonds. The number of rotatable bonds is 2. The molecule has 2 aromatic rings. The molecule has 0 bridgehead atoms. The zero-order valence-corrected chi connectivity index (χ0v) is 11.9. The molecule has 0 aliphatic rings. The number of carbonyl (C=O) groups excluding carboxylic acids is 1. The quantitative estimate of drug-likeness (QED) is 0.612. The zero-order chi connectivity index (χ0) is 13.3. The van der Waals surface area contributed by atoms with Gasteiger partial charge in [-0.25, -0.2) is 9.59 Å². The molecule has 0 atom stereocenters. The number of esters is 1. The molecule has 0 fully saturated rings. The van der Waals surface area contributed by atoms with Crippen molar-refractivity contribution in [2.24, 2.45) is 0 Å². The molecule has 1 aromatic carbocycles. The molecule has 0 unspecified atom stereocenters. The summed E-state index contributed by atoms with van der Waals surface area (Å²) in [6.07, 6.45) is 0. The summed E-state index contributed by atoms with van der Waals surface area (Å²) >= 11 is 5.99. The number of alkyl halides is 2. The standard InChI is InChI=1S/C10H6Br2N2O4/c11-9(12)18-8(16)4-2-1-3-5-6(4)7(15)14-10(17)13-5/h1-3,9H,(H2,13,14,15,17). The maximum Gasteiger partial charge on any atom is 0.340 e. The number of aromatic nitrogens is 2. The molecule has 0 saturated heterocycles. The SMILES string of the molecule is O=C(OC(Br)Br)c1cccc2[nH]c(=O)[nH]c(=O)c12. The molecule has 1 aromatic heterocycles. The topological polar surface area (TPSA) is 92.0 Å². The van der Waals surface area contributed by atoms with E-state index in [2.05, 4.69) is 41.8 Å². The van der Waals surface area contributed by atoms with Crippen LogP contribution >= 0.6 is 31.9 Å². The van der Waals surface area contributed by atoms with Gasteiger partial charge in [0.1, 0.15) is 0 Å². The zero-order valence-electron chi connectivity index (χ0n) is 8.70. The fourth-order valence-electron chi connectivity index (χ4n) is 1.53. The molecule has 18 heavy (non-hydrogen) atoms. The summed E-state index contributed by atoms with van der Waals surface area (Å²) in [5.41, 5.74) is -0.910. The van der Waals surface area contributed by atoms with Crippen LogP contribution in [0.4, 0.5) is 0 Å². The molecule has 2 N–H and O–H groups in total. The number of fused-ring (bicyclic) bond motifs is 1. The summed E-state index contributed by atoms with van der Waals surface area (Å²) in [4.78, 5) is 39.1. The highest BCUT2D eigenvalue weighted by molar-refractivity contribution is 9.24. The number of H-pyrrole nitrogens is 2. The van der Waals surface area contributed by atoms with Gasteiger partial charge in [-0.2, -0.15) is 0 Å². The van der Waals surface area contributed by atoms with Gasteiger partial charge in [0.2, 0.25) is 3.92 Å². The number of aromatic amines is 2. The van der Waals surface area contributed by atoms with Crippen molar-refractivity contribution >= 4 is 48.7 Å². The van der Waals surface area contributed by atoms with E-state index in [1.807, 2.05) is 0 Å². The predicted octanol–water partition coefficient (Wildman–Crippen LogP) is 1.45. The molecular weight excluding hydrogens is 372 g/mol. The second-order valence-electron chi connectivity index (χ2n) is 3.30. The highest BCUT2D eigenvalue weighted by Crippen LogP contribution is 2.17. The lowest BCUT2D eigenvalue weighted by molar-refractivity contribution is 0.0563. The van der Waals surface area contributed by atoms with Gasteiger partial charge in [0.15, 0.2) is 0 Å². The smallest absolute Gasteiger partial charge is 0.340 e. The summed E-state index contributed by atoms with van der Waals surface area (Å²) in [7, 11) is 0. The lowest BCUT2D eigenvalue weighted by Gasteiger charge is -2.07. The van der Waals surface area contributed by atoms with E-state index in [-0.39, 0.29) is 16.5 Å². The molecule has 0 spiro atoms. The molecule has 0 saturated carbocycles. The van der Waals surface area contributed by atoms with Gasteiger partial charge in [-0.1, -0.05) is 6.07 Å². The maximum atomic E-state index is 11.8. The van der Waals surface area contributed by atoms with Gasteiger partial charge >= 0.3 is 11.7 Å². The van der Waals surface area contributed by atoms with Crippen molar-refractivity contribution in [1.29, 1.82) is 0 Å². The first kappa shape index (κ1) is 13.0. The van der Waals surface area contributed by atoms with Gasteiger partial charge in [0.05, 0.1) is 16.5 Å². The third-order valence-electron chi connectivity index (χ3n) is 2.18. The minimum atomic E-state index is -0.683. The Morgan fingerprint density at radius 1 is 1.22 bits per heavy atom. The van der Waals surface area contributed by atoms with E-state index in [9.17, 15) is 14.4 Å². The number of ether oxygens (including phenoxy) is 1. The van der Waals surface area contributed by atoms with E-state index < -0.39 is 21.1 Å². The summed E-state index contributed by atoms with van der Waals surface area (Å²) in [5, 5.41) is 0.0859. The van der Waals surface area contributed by atoms with Crippen molar-refractivity contribution in [2.45, 2.75) is 3.92 Å². The molecule has 6 nitrogen and oxygen atoms in total. The lowest BCUT2D eigenvalue weighted by atomic mass is 10.1. The average molecular weight is 378 g/mol. The summed E-state index contributed by atoms with van der Waals surface area (Å²) in [5.74, 6) is -0.683.